The second-order valence-corrected chi connectivity index (χ2v) is 2.97. The first-order chi connectivity index (χ1) is 5.47. The monoisotopic (exact) mass is 160 g/mol. The van der Waals surface area contributed by atoms with Crippen molar-refractivity contribution >= 4 is 11.3 Å². The normalized spacial score (nSPS) is 9.82. The fourth-order valence-corrected chi connectivity index (χ4v) is 1.58. The quantitative estimate of drug-likeness (QED) is 0.625. The van der Waals surface area contributed by atoms with E-state index in [0.717, 1.165) is 5.56 Å². The Kier molecular flexibility index (Phi) is 1.69. The molecule has 0 spiro atoms. The zero-order valence-electron chi connectivity index (χ0n) is 5.82. The van der Waals surface area contributed by atoms with Crippen molar-refractivity contribution < 1.29 is 0 Å². The highest BCUT2D eigenvalue weighted by molar-refractivity contribution is 7.08. The van der Waals surface area contributed by atoms with E-state index in [4.69, 9.17) is 0 Å². The van der Waals surface area contributed by atoms with Crippen LogP contribution >= 0.6 is 11.3 Å². The molecule has 11 heavy (non-hydrogen) atoms. The van der Waals surface area contributed by atoms with Gasteiger partial charge in [-0.25, -0.2) is 0 Å². The van der Waals surface area contributed by atoms with E-state index in [-0.39, 0.29) is 0 Å². The minimum Gasteiger partial charge on any atom is -0.254 e. The summed E-state index contributed by atoms with van der Waals surface area (Å²) in [6.45, 7) is 0. The molecule has 0 aliphatic carbocycles. The Hall–Kier alpha value is -1.15. The smallest absolute Gasteiger partial charge is 0.0886 e. The second-order valence-electron chi connectivity index (χ2n) is 2.19. The van der Waals surface area contributed by atoms with E-state index in [9.17, 15) is 0 Å². The van der Waals surface area contributed by atoms with E-state index in [1.807, 2.05) is 18.3 Å². The van der Waals surface area contributed by atoms with E-state index in [2.05, 4.69) is 28.0 Å². The van der Waals surface area contributed by atoms with Crippen LogP contribution in [0.25, 0.3) is 11.1 Å². The van der Waals surface area contributed by atoms with Gasteiger partial charge in [0, 0.05) is 11.8 Å². The average molecular weight is 160 g/mol. The van der Waals surface area contributed by atoms with Crippen LogP contribution in [-0.4, -0.2) is 4.98 Å². The van der Waals surface area contributed by atoms with Gasteiger partial charge in [-0.15, -0.1) is 0 Å². The molecular formula is C9H6NS. The fraction of sp³-hybridized carbons (Fsp3) is 0. The largest absolute Gasteiger partial charge is 0.254 e. The Morgan fingerprint density at radius 1 is 1.27 bits per heavy atom. The van der Waals surface area contributed by atoms with Crippen LogP contribution in [0.2, 0.25) is 0 Å². The summed E-state index contributed by atoms with van der Waals surface area (Å²) < 4.78 is 0. The molecule has 0 fully saturated rings. The number of pyridine rings is 1. The van der Waals surface area contributed by atoms with Crippen LogP contribution in [0.15, 0.2) is 35.2 Å². The molecule has 0 N–H and O–H groups in total. The first-order valence-electron chi connectivity index (χ1n) is 3.31. The lowest BCUT2D eigenvalue weighted by Crippen LogP contribution is -1.73. The Labute approximate surface area is 69.3 Å². The van der Waals surface area contributed by atoms with Crippen molar-refractivity contribution in [1.82, 2.24) is 4.98 Å². The van der Waals surface area contributed by atoms with Crippen LogP contribution in [0.4, 0.5) is 0 Å². The predicted molar refractivity (Wildman–Crippen MR) is 46.4 cm³/mol. The molecule has 2 rings (SSSR count). The van der Waals surface area contributed by atoms with Crippen LogP contribution in [0.5, 0.6) is 0 Å². The predicted octanol–water partition coefficient (Wildman–Crippen LogP) is 2.61. The molecule has 1 radical (unpaired) electrons. The van der Waals surface area contributed by atoms with E-state index < -0.39 is 0 Å². The number of nitrogens with zero attached hydrogens (tertiary/aromatic N) is 1. The summed E-state index contributed by atoms with van der Waals surface area (Å²) in [5.41, 5.74) is 2.39. The van der Waals surface area contributed by atoms with Gasteiger partial charge in [-0.2, -0.15) is 11.3 Å². The van der Waals surface area contributed by atoms with E-state index in [0.29, 0.717) is 0 Å². The van der Waals surface area contributed by atoms with Gasteiger partial charge >= 0.3 is 0 Å². The average Bonchev–Trinajstić information content (AvgIpc) is 2.58. The van der Waals surface area contributed by atoms with Crippen LogP contribution < -0.4 is 0 Å². The molecular weight excluding hydrogens is 154 g/mol. The van der Waals surface area contributed by atoms with E-state index in [1.54, 1.807) is 11.3 Å². The lowest BCUT2D eigenvalue weighted by molar-refractivity contribution is 1.31. The van der Waals surface area contributed by atoms with Crippen molar-refractivity contribution in [3.8, 4) is 11.1 Å². The van der Waals surface area contributed by atoms with Crippen LogP contribution in [-0.2, 0) is 0 Å². The van der Waals surface area contributed by atoms with Gasteiger partial charge in [0.1, 0.15) is 0 Å². The van der Waals surface area contributed by atoms with Crippen molar-refractivity contribution in [2.75, 3.05) is 0 Å². The minimum absolute atomic E-state index is 1.16. The number of rotatable bonds is 1. The first kappa shape index (κ1) is 6.55. The molecule has 0 unspecified atom stereocenters. The summed E-state index contributed by atoms with van der Waals surface area (Å²) in [5, 5.41) is 4.17. The summed E-state index contributed by atoms with van der Waals surface area (Å²) in [6.07, 6.45) is 4.57. The number of thiophene rings is 1. The maximum atomic E-state index is 3.92. The van der Waals surface area contributed by atoms with Gasteiger partial charge in [-0.05, 0) is 28.5 Å². The number of aromatic nitrogens is 1. The van der Waals surface area contributed by atoms with Crippen molar-refractivity contribution in [2.45, 2.75) is 0 Å². The summed E-state index contributed by atoms with van der Waals surface area (Å²) in [4.78, 5) is 3.92. The fourth-order valence-electron chi connectivity index (χ4n) is 0.919. The topological polar surface area (TPSA) is 12.9 Å². The standard InChI is InChI=1S/C9H6NS/c1-2-8(6-10-4-1)9-3-5-11-7-9/h1-3,5-7H. The molecule has 53 valence electrons. The SMILES string of the molecule is [c]1ccc(-c2ccsc2)cn1. The third-order valence-electron chi connectivity index (χ3n) is 1.47. The van der Waals surface area contributed by atoms with E-state index >= 15 is 0 Å². The summed E-state index contributed by atoms with van der Waals surface area (Å²) >= 11 is 1.70. The van der Waals surface area contributed by atoms with Crippen molar-refractivity contribution in [3.05, 3.63) is 41.4 Å². The van der Waals surface area contributed by atoms with Gasteiger partial charge < -0.3 is 0 Å². The highest BCUT2D eigenvalue weighted by Gasteiger charge is 1.94. The molecule has 0 amide bonds. The van der Waals surface area contributed by atoms with Crippen LogP contribution in [0.1, 0.15) is 0 Å². The Morgan fingerprint density at radius 2 is 2.27 bits per heavy atom. The molecule has 0 saturated carbocycles. The van der Waals surface area contributed by atoms with Crippen molar-refractivity contribution in [3.63, 3.8) is 0 Å². The Balaban J connectivity index is 2.46. The summed E-state index contributed by atoms with van der Waals surface area (Å²) in [6, 6.07) is 5.92. The zero-order valence-corrected chi connectivity index (χ0v) is 6.64. The molecule has 2 aromatic heterocycles. The maximum absolute atomic E-state index is 3.92. The lowest BCUT2D eigenvalue weighted by Gasteiger charge is -1.92. The highest BCUT2D eigenvalue weighted by atomic mass is 32.1. The molecule has 0 saturated heterocycles. The molecule has 2 aromatic rings. The zero-order chi connectivity index (χ0) is 7.52. The second kappa shape index (κ2) is 2.84. The third-order valence-corrected chi connectivity index (χ3v) is 2.15. The van der Waals surface area contributed by atoms with Crippen LogP contribution in [0, 0.1) is 6.20 Å². The Morgan fingerprint density at radius 3 is 2.91 bits per heavy atom. The van der Waals surface area contributed by atoms with Gasteiger partial charge in [0.15, 0.2) is 0 Å². The number of hydrogen-bond donors (Lipinski definition) is 0. The summed E-state index contributed by atoms with van der Waals surface area (Å²) in [7, 11) is 0. The first-order valence-corrected chi connectivity index (χ1v) is 4.26. The Bertz CT molecular complexity index is 313. The van der Waals surface area contributed by atoms with Gasteiger partial charge in [-0.1, -0.05) is 6.07 Å². The molecule has 0 atom stereocenters. The maximum Gasteiger partial charge on any atom is 0.0886 e. The van der Waals surface area contributed by atoms with Gasteiger partial charge in [0.25, 0.3) is 0 Å². The van der Waals surface area contributed by atoms with Gasteiger partial charge in [0.05, 0.1) is 6.20 Å². The van der Waals surface area contributed by atoms with Gasteiger partial charge in [-0.3, -0.25) is 4.98 Å². The van der Waals surface area contributed by atoms with E-state index in [1.165, 1.54) is 5.56 Å². The molecule has 1 nitrogen and oxygen atoms in total. The molecule has 0 aromatic carbocycles. The molecule has 2 heterocycles. The van der Waals surface area contributed by atoms with Gasteiger partial charge in [0.2, 0.25) is 0 Å². The van der Waals surface area contributed by atoms with Crippen molar-refractivity contribution in [2.24, 2.45) is 0 Å². The molecule has 2 heteroatoms. The summed E-state index contributed by atoms with van der Waals surface area (Å²) in [5.74, 6) is 0. The molecule has 0 bridgehead atoms. The third kappa shape index (κ3) is 1.30. The van der Waals surface area contributed by atoms with Crippen LogP contribution in [0.3, 0.4) is 0 Å². The lowest BCUT2D eigenvalue weighted by atomic mass is 10.2. The molecule has 0 aliphatic heterocycles. The number of hydrogen-bond acceptors (Lipinski definition) is 2. The minimum atomic E-state index is 1.16. The highest BCUT2D eigenvalue weighted by Crippen LogP contribution is 2.19. The molecule has 0 aliphatic rings. The van der Waals surface area contributed by atoms with Crippen molar-refractivity contribution in [1.29, 1.82) is 0 Å².